The molecule has 0 aliphatic carbocycles. The average molecular weight is 635 g/mol. The van der Waals surface area contributed by atoms with E-state index in [0.717, 1.165) is 0 Å². The summed E-state index contributed by atoms with van der Waals surface area (Å²) in [6.07, 6.45) is -32.9. The third kappa shape index (κ3) is 7.00. The molecule has 4 aliphatic heterocycles. The van der Waals surface area contributed by atoms with Crippen LogP contribution in [0.3, 0.4) is 0 Å². The first-order chi connectivity index (χ1) is 20.2. The second-order valence-electron chi connectivity index (χ2n) is 11.1. The lowest BCUT2D eigenvalue weighted by Gasteiger charge is -2.49. The van der Waals surface area contributed by atoms with E-state index in [9.17, 15) is 61.3 Å². The molecule has 0 bridgehead atoms. The van der Waals surface area contributed by atoms with Crippen molar-refractivity contribution in [2.45, 2.75) is 137 Å². The van der Waals surface area contributed by atoms with E-state index >= 15 is 0 Å². The second-order valence-corrected chi connectivity index (χ2v) is 11.1. The molecule has 0 amide bonds. The summed E-state index contributed by atoms with van der Waals surface area (Å²) in [5.74, 6) is 0. The number of ether oxygens (including phenoxy) is 7. The van der Waals surface area contributed by atoms with E-state index in [-0.39, 0.29) is 0 Å². The zero-order valence-corrected chi connectivity index (χ0v) is 23.2. The maximum atomic E-state index is 11.2. The van der Waals surface area contributed by atoms with Gasteiger partial charge in [-0.25, -0.2) is 0 Å². The van der Waals surface area contributed by atoms with Gasteiger partial charge in [-0.1, -0.05) is 0 Å². The lowest BCUT2D eigenvalue weighted by molar-refractivity contribution is -0.397. The molecular formula is C24H42O19. The molecule has 4 heterocycles. The SMILES string of the molecule is C[C@@H]1O[C@@H](O[C@H]2[C@H](O)[C@@H](O[C@@H]3O[C@@H](C)[C@H](O)[C@@H](O)[C@H]3O[C@@H]3O[C@H](CO)[C@@H](O)[C@H](O)[C@H]3O)[C@H](O)O[C@@H]2CO)[C@H](O)[C@H](O)[C@H]1O. The Labute approximate surface area is 244 Å². The fourth-order valence-corrected chi connectivity index (χ4v) is 5.40. The van der Waals surface area contributed by atoms with Crippen molar-refractivity contribution >= 4 is 0 Å². The first-order valence-electron chi connectivity index (χ1n) is 13.8. The van der Waals surface area contributed by atoms with E-state index in [1.54, 1.807) is 0 Å². The van der Waals surface area contributed by atoms with Crippen molar-refractivity contribution in [3.05, 3.63) is 0 Å². The van der Waals surface area contributed by atoms with Crippen molar-refractivity contribution in [2.24, 2.45) is 0 Å². The first-order valence-corrected chi connectivity index (χ1v) is 13.8. The summed E-state index contributed by atoms with van der Waals surface area (Å²) in [5, 5.41) is 123. The Morgan fingerprint density at radius 2 is 0.884 bits per heavy atom. The highest BCUT2D eigenvalue weighted by Gasteiger charge is 2.55. The maximum Gasteiger partial charge on any atom is 0.187 e. The average Bonchev–Trinajstić information content (AvgIpc) is 2.98. The van der Waals surface area contributed by atoms with Gasteiger partial charge in [-0.2, -0.15) is 0 Å². The summed E-state index contributed by atoms with van der Waals surface area (Å²) in [6, 6.07) is 0. The summed E-state index contributed by atoms with van der Waals surface area (Å²) in [7, 11) is 0. The van der Waals surface area contributed by atoms with Gasteiger partial charge < -0.3 is 94.4 Å². The Balaban J connectivity index is 1.54. The minimum Gasteiger partial charge on any atom is -0.394 e. The van der Waals surface area contributed by atoms with E-state index in [2.05, 4.69) is 0 Å². The van der Waals surface area contributed by atoms with Crippen molar-refractivity contribution in [1.29, 1.82) is 0 Å². The van der Waals surface area contributed by atoms with Gasteiger partial charge >= 0.3 is 0 Å². The third-order valence-corrected chi connectivity index (χ3v) is 8.13. The largest absolute Gasteiger partial charge is 0.394 e. The zero-order valence-electron chi connectivity index (χ0n) is 23.2. The van der Waals surface area contributed by atoms with E-state index < -0.39 is 136 Å². The van der Waals surface area contributed by atoms with Crippen molar-refractivity contribution in [3.63, 3.8) is 0 Å². The summed E-state index contributed by atoms with van der Waals surface area (Å²) >= 11 is 0. The highest BCUT2D eigenvalue weighted by molar-refractivity contribution is 4.97. The molecule has 0 aromatic heterocycles. The normalized spacial score (nSPS) is 54.8. The van der Waals surface area contributed by atoms with Crippen LogP contribution in [0.15, 0.2) is 0 Å². The van der Waals surface area contributed by atoms with Crippen LogP contribution in [0.25, 0.3) is 0 Å². The molecule has 19 nitrogen and oxygen atoms in total. The monoisotopic (exact) mass is 634 g/mol. The minimum atomic E-state index is -1.97. The zero-order chi connectivity index (χ0) is 31.9. The minimum absolute atomic E-state index is 0.784. The van der Waals surface area contributed by atoms with Crippen LogP contribution >= 0.6 is 0 Å². The predicted molar refractivity (Wildman–Crippen MR) is 131 cm³/mol. The molecular weight excluding hydrogens is 592 g/mol. The molecule has 0 aromatic carbocycles. The molecule has 4 saturated heterocycles. The molecule has 12 N–H and O–H groups in total. The Bertz CT molecular complexity index is 884. The van der Waals surface area contributed by atoms with E-state index in [1.165, 1.54) is 13.8 Å². The van der Waals surface area contributed by atoms with Gasteiger partial charge in [0.2, 0.25) is 0 Å². The predicted octanol–water partition coefficient (Wildman–Crippen LogP) is -7.69. The summed E-state index contributed by atoms with van der Waals surface area (Å²) in [5.41, 5.74) is 0. The van der Waals surface area contributed by atoms with Gasteiger partial charge in [0.05, 0.1) is 25.4 Å². The van der Waals surface area contributed by atoms with Crippen LogP contribution in [0.5, 0.6) is 0 Å². The van der Waals surface area contributed by atoms with Gasteiger partial charge in [-0.05, 0) is 13.8 Å². The Kier molecular flexibility index (Phi) is 11.7. The molecule has 0 unspecified atom stereocenters. The molecule has 43 heavy (non-hydrogen) atoms. The lowest BCUT2D eigenvalue weighted by Crippen LogP contribution is -2.67. The van der Waals surface area contributed by atoms with Crippen molar-refractivity contribution in [1.82, 2.24) is 0 Å². The van der Waals surface area contributed by atoms with Crippen molar-refractivity contribution in [2.75, 3.05) is 13.2 Å². The van der Waals surface area contributed by atoms with Crippen LogP contribution in [-0.4, -0.2) is 197 Å². The first kappa shape index (κ1) is 35.1. The molecule has 20 atom stereocenters. The molecule has 4 aliphatic rings. The van der Waals surface area contributed by atoms with Crippen LogP contribution in [0, 0.1) is 0 Å². The molecule has 19 heteroatoms. The van der Waals surface area contributed by atoms with Gasteiger partial charge in [0.15, 0.2) is 25.2 Å². The van der Waals surface area contributed by atoms with Crippen molar-refractivity contribution in [3.8, 4) is 0 Å². The Morgan fingerprint density at radius 1 is 0.419 bits per heavy atom. The number of hydrogen-bond acceptors (Lipinski definition) is 19. The van der Waals surface area contributed by atoms with Gasteiger partial charge in [0.1, 0.15) is 85.5 Å². The smallest absolute Gasteiger partial charge is 0.187 e. The van der Waals surface area contributed by atoms with Crippen molar-refractivity contribution < 1.29 is 94.4 Å². The van der Waals surface area contributed by atoms with Gasteiger partial charge in [0, 0.05) is 0 Å². The summed E-state index contributed by atoms with van der Waals surface area (Å²) in [4.78, 5) is 0. The highest BCUT2D eigenvalue weighted by Crippen LogP contribution is 2.34. The topological polar surface area (TPSA) is 307 Å². The van der Waals surface area contributed by atoms with E-state index in [1.807, 2.05) is 0 Å². The molecule has 0 radical (unpaired) electrons. The highest BCUT2D eigenvalue weighted by atomic mass is 16.8. The van der Waals surface area contributed by atoms with Crippen LogP contribution in [-0.2, 0) is 33.2 Å². The van der Waals surface area contributed by atoms with E-state index in [0.29, 0.717) is 0 Å². The van der Waals surface area contributed by atoms with Crippen LogP contribution < -0.4 is 0 Å². The van der Waals surface area contributed by atoms with Crippen LogP contribution in [0.2, 0.25) is 0 Å². The lowest BCUT2D eigenvalue weighted by atomic mass is 9.96. The number of aliphatic hydroxyl groups is 12. The number of aliphatic hydroxyl groups excluding tert-OH is 12. The molecule has 4 fully saturated rings. The summed E-state index contributed by atoms with van der Waals surface area (Å²) < 4.78 is 38.6. The fraction of sp³-hybridized carbons (Fsp3) is 1.00. The van der Waals surface area contributed by atoms with Gasteiger partial charge in [-0.3, -0.25) is 0 Å². The number of rotatable bonds is 8. The van der Waals surface area contributed by atoms with Gasteiger partial charge in [-0.15, -0.1) is 0 Å². The molecule has 252 valence electrons. The third-order valence-electron chi connectivity index (χ3n) is 8.13. The Morgan fingerprint density at radius 3 is 1.47 bits per heavy atom. The summed E-state index contributed by atoms with van der Waals surface area (Å²) in [6.45, 7) is 1.15. The quantitative estimate of drug-likeness (QED) is 0.118. The maximum absolute atomic E-state index is 11.2. The van der Waals surface area contributed by atoms with Gasteiger partial charge in [0.25, 0.3) is 0 Å². The standard InChI is InChI=1S/C24H42O19/c1-5-9(27)12(30)15(33)22(37-5)41-18-8(4-26)39-21(36)19(17(18)35)42-24-20(14(32)10(28)6(2)38-24)43-23-16(34)13(31)11(29)7(3-25)40-23/h5-36H,3-4H2,1-2H3/t5-,6-,7+,8+,9-,10-,11+,12+,13-,14+,15+,16+,17-,18+,19+,20+,21+,22-,23-,24-/m0/s1. The fourth-order valence-electron chi connectivity index (χ4n) is 5.40. The second kappa shape index (κ2) is 14.3. The van der Waals surface area contributed by atoms with E-state index in [4.69, 9.17) is 33.2 Å². The molecule has 4 rings (SSSR count). The number of hydrogen-bond donors (Lipinski definition) is 12. The van der Waals surface area contributed by atoms with Crippen LogP contribution in [0.1, 0.15) is 13.8 Å². The van der Waals surface area contributed by atoms with Crippen LogP contribution in [0.4, 0.5) is 0 Å². The Hall–Kier alpha value is -0.760. The molecule has 0 aromatic rings. The molecule has 0 saturated carbocycles. The molecule has 0 spiro atoms.